The SMILES string of the molecule is Cc1ccc(-c2noc(C3CC(O)CN3Cc3cn(C)c4ccccc34)n2)cc1F. The van der Waals surface area contributed by atoms with Gasteiger partial charge in [-0.15, -0.1) is 0 Å². The molecule has 2 atom stereocenters. The van der Waals surface area contributed by atoms with Crippen LogP contribution in [-0.2, 0) is 13.6 Å². The van der Waals surface area contributed by atoms with Crippen LogP contribution in [0, 0.1) is 12.7 Å². The summed E-state index contributed by atoms with van der Waals surface area (Å²) in [5, 5.41) is 15.6. The number of hydrogen-bond acceptors (Lipinski definition) is 5. The predicted octanol–water partition coefficient (Wildman–Crippen LogP) is 3.98. The normalized spacial score (nSPS) is 19.7. The highest BCUT2D eigenvalue weighted by Gasteiger charge is 2.36. The predicted molar refractivity (Wildman–Crippen MR) is 111 cm³/mol. The number of rotatable bonds is 4. The molecule has 1 aliphatic rings. The number of aliphatic hydroxyl groups excluding tert-OH is 1. The molecule has 0 spiro atoms. The molecule has 1 fully saturated rings. The molecule has 3 heterocycles. The molecule has 1 aliphatic heterocycles. The van der Waals surface area contributed by atoms with Crippen molar-refractivity contribution in [1.29, 1.82) is 0 Å². The Morgan fingerprint density at radius 1 is 1.23 bits per heavy atom. The van der Waals surface area contributed by atoms with E-state index in [9.17, 15) is 9.50 Å². The van der Waals surface area contributed by atoms with E-state index in [0.717, 1.165) is 0 Å². The summed E-state index contributed by atoms with van der Waals surface area (Å²) >= 11 is 0. The minimum Gasteiger partial charge on any atom is -0.392 e. The van der Waals surface area contributed by atoms with Crippen molar-refractivity contribution in [3.8, 4) is 11.4 Å². The fourth-order valence-electron chi connectivity index (χ4n) is 4.30. The molecule has 6 nitrogen and oxygen atoms in total. The monoisotopic (exact) mass is 406 g/mol. The zero-order valence-electron chi connectivity index (χ0n) is 16.9. The van der Waals surface area contributed by atoms with Crippen molar-refractivity contribution in [3.63, 3.8) is 0 Å². The second kappa shape index (κ2) is 7.34. The molecule has 0 aliphatic carbocycles. The average molecular weight is 406 g/mol. The molecule has 2 aromatic carbocycles. The van der Waals surface area contributed by atoms with Gasteiger partial charge in [-0.25, -0.2) is 4.39 Å². The van der Waals surface area contributed by atoms with E-state index in [0.29, 0.717) is 42.4 Å². The summed E-state index contributed by atoms with van der Waals surface area (Å²) in [5.74, 6) is 0.505. The number of aromatic nitrogens is 3. The lowest BCUT2D eigenvalue weighted by Gasteiger charge is -2.20. The van der Waals surface area contributed by atoms with Gasteiger partial charge in [-0.3, -0.25) is 4.90 Å². The summed E-state index contributed by atoms with van der Waals surface area (Å²) in [6.07, 6.45) is 2.19. The lowest BCUT2D eigenvalue weighted by atomic mass is 10.1. The van der Waals surface area contributed by atoms with E-state index in [1.807, 2.05) is 19.2 Å². The summed E-state index contributed by atoms with van der Waals surface area (Å²) in [5.41, 5.74) is 3.51. The number of β-amino-alcohol motifs (C(OH)–C–C–N with tert-alkyl or cyclic N) is 1. The van der Waals surface area contributed by atoms with Crippen LogP contribution >= 0.6 is 0 Å². The Kier molecular flexibility index (Phi) is 4.64. The number of para-hydroxylation sites is 1. The average Bonchev–Trinajstić information content (AvgIpc) is 3.43. The zero-order chi connectivity index (χ0) is 20.8. The molecule has 4 aromatic rings. The highest BCUT2D eigenvalue weighted by atomic mass is 19.1. The first kappa shape index (κ1) is 19.0. The summed E-state index contributed by atoms with van der Waals surface area (Å²) in [4.78, 5) is 6.69. The van der Waals surface area contributed by atoms with Gasteiger partial charge in [0.25, 0.3) is 0 Å². The molecular formula is C23H23FN4O2. The standard InChI is InChI=1S/C23H23FN4O2/c1-14-7-8-15(9-19(14)24)22-25-23(30-26-22)21-10-17(29)13-28(21)12-16-11-27(2)20-6-4-3-5-18(16)20/h3-9,11,17,21,29H,10,12-13H2,1-2H3. The Morgan fingerprint density at radius 3 is 2.90 bits per heavy atom. The van der Waals surface area contributed by atoms with Gasteiger partial charge in [-0.05, 0) is 36.6 Å². The number of hydrogen-bond donors (Lipinski definition) is 1. The van der Waals surface area contributed by atoms with E-state index in [2.05, 4.69) is 37.9 Å². The second-order valence-corrected chi connectivity index (χ2v) is 8.04. The molecule has 0 saturated carbocycles. The van der Waals surface area contributed by atoms with Crippen LogP contribution in [0.2, 0.25) is 0 Å². The molecule has 7 heteroatoms. The van der Waals surface area contributed by atoms with Crippen molar-refractivity contribution in [3.05, 3.63) is 71.5 Å². The molecule has 0 radical (unpaired) electrons. The van der Waals surface area contributed by atoms with Gasteiger partial charge < -0.3 is 14.2 Å². The van der Waals surface area contributed by atoms with Crippen molar-refractivity contribution in [2.75, 3.05) is 6.54 Å². The minimum absolute atomic E-state index is 0.185. The second-order valence-electron chi connectivity index (χ2n) is 8.04. The molecule has 0 bridgehead atoms. The first-order chi connectivity index (χ1) is 14.5. The lowest BCUT2D eigenvalue weighted by molar-refractivity contribution is 0.169. The molecule has 0 amide bonds. The van der Waals surface area contributed by atoms with Crippen molar-refractivity contribution in [2.45, 2.75) is 32.0 Å². The van der Waals surface area contributed by atoms with E-state index >= 15 is 0 Å². The van der Waals surface area contributed by atoms with Crippen LogP contribution in [0.4, 0.5) is 4.39 Å². The number of aryl methyl sites for hydroxylation is 2. The van der Waals surface area contributed by atoms with Crippen LogP contribution in [0.15, 0.2) is 53.2 Å². The van der Waals surface area contributed by atoms with E-state index < -0.39 is 6.10 Å². The molecular weight excluding hydrogens is 383 g/mol. The summed E-state index contributed by atoms with van der Waals surface area (Å²) < 4.78 is 21.6. The smallest absolute Gasteiger partial charge is 0.244 e. The van der Waals surface area contributed by atoms with Crippen molar-refractivity contribution in [2.24, 2.45) is 7.05 Å². The Hall–Kier alpha value is -3.03. The molecule has 2 aromatic heterocycles. The third-order valence-electron chi connectivity index (χ3n) is 5.89. The topological polar surface area (TPSA) is 67.3 Å². The number of halogens is 1. The molecule has 1 N–H and O–H groups in total. The third kappa shape index (κ3) is 3.30. The van der Waals surface area contributed by atoms with Crippen molar-refractivity contribution < 1.29 is 14.0 Å². The molecule has 2 unspecified atom stereocenters. The molecule has 1 saturated heterocycles. The fraction of sp³-hybridized carbons (Fsp3) is 0.304. The van der Waals surface area contributed by atoms with Crippen molar-refractivity contribution >= 4 is 10.9 Å². The summed E-state index contributed by atoms with van der Waals surface area (Å²) in [6, 6.07) is 13.0. The Labute approximate surface area is 173 Å². The maximum absolute atomic E-state index is 13.9. The quantitative estimate of drug-likeness (QED) is 0.555. The van der Waals surface area contributed by atoms with E-state index in [4.69, 9.17) is 4.52 Å². The van der Waals surface area contributed by atoms with Gasteiger partial charge in [0, 0.05) is 42.8 Å². The summed E-state index contributed by atoms with van der Waals surface area (Å²) in [7, 11) is 2.03. The molecule has 5 rings (SSSR count). The Balaban J connectivity index is 1.43. The highest BCUT2D eigenvalue weighted by molar-refractivity contribution is 5.83. The van der Waals surface area contributed by atoms with Crippen LogP contribution < -0.4 is 0 Å². The van der Waals surface area contributed by atoms with Gasteiger partial charge in [-0.1, -0.05) is 35.5 Å². The van der Waals surface area contributed by atoms with Gasteiger partial charge in [0.05, 0.1) is 12.1 Å². The van der Waals surface area contributed by atoms with E-state index in [1.165, 1.54) is 22.5 Å². The lowest BCUT2D eigenvalue weighted by Crippen LogP contribution is -2.24. The molecule has 154 valence electrons. The number of aliphatic hydroxyl groups is 1. The van der Waals surface area contributed by atoms with Gasteiger partial charge in [-0.2, -0.15) is 4.98 Å². The zero-order valence-corrected chi connectivity index (χ0v) is 16.9. The van der Waals surface area contributed by atoms with Crippen LogP contribution in [0.3, 0.4) is 0 Å². The van der Waals surface area contributed by atoms with Crippen LogP contribution in [0.25, 0.3) is 22.3 Å². The fourth-order valence-corrected chi connectivity index (χ4v) is 4.30. The van der Waals surface area contributed by atoms with E-state index in [1.54, 1.807) is 19.1 Å². The third-order valence-corrected chi connectivity index (χ3v) is 5.89. The highest BCUT2D eigenvalue weighted by Crippen LogP contribution is 2.35. The first-order valence-electron chi connectivity index (χ1n) is 10.0. The van der Waals surface area contributed by atoms with Gasteiger partial charge in [0.2, 0.25) is 11.7 Å². The Bertz CT molecular complexity index is 1220. The molecule has 30 heavy (non-hydrogen) atoms. The van der Waals surface area contributed by atoms with Crippen LogP contribution in [-0.4, -0.2) is 37.4 Å². The number of fused-ring (bicyclic) bond motifs is 1. The minimum atomic E-state index is -0.461. The van der Waals surface area contributed by atoms with Crippen molar-refractivity contribution in [1.82, 2.24) is 19.6 Å². The number of benzene rings is 2. The maximum atomic E-state index is 13.9. The largest absolute Gasteiger partial charge is 0.392 e. The van der Waals surface area contributed by atoms with Crippen LogP contribution in [0.1, 0.15) is 29.5 Å². The van der Waals surface area contributed by atoms with Crippen LogP contribution in [0.5, 0.6) is 0 Å². The summed E-state index contributed by atoms with van der Waals surface area (Å²) in [6.45, 7) is 2.91. The van der Waals surface area contributed by atoms with Gasteiger partial charge in [0.1, 0.15) is 5.82 Å². The first-order valence-corrected chi connectivity index (χ1v) is 10.0. The maximum Gasteiger partial charge on any atom is 0.244 e. The van der Waals surface area contributed by atoms with Gasteiger partial charge >= 0.3 is 0 Å². The van der Waals surface area contributed by atoms with Gasteiger partial charge in [0.15, 0.2) is 0 Å². The Morgan fingerprint density at radius 2 is 2.07 bits per heavy atom. The number of nitrogens with zero attached hydrogens (tertiary/aromatic N) is 4. The van der Waals surface area contributed by atoms with E-state index in [-0.39, 0.29) is 11.9 Å². The number of likely N-dealkylation sites (tertiary alicyclic amines) is 1.